The maximum Gasteiger partial charge on any atom is 0.252 e. The lowest BCUT2D eigenvalue weighted by Crippen LogP contribution is -2.45. The van der Waals surface area contributed by atoms with Gasteiger partial charge in [0.1, 0.15) is 4.21 Å². The molecule has 0 bridgehead atoms. The van der Waals surface area contributed by atoms with Crippen LogP contribution in [0.5, 0.6) is 0 Å². The van der Waals surface area contributed by atoms with Crippen molar-refractivity contribution in [1.29, 1.82) is 0 Å². The molecule has 5 rings (SSSR count). The summed E-state index contributed by atoms with van der Waals surface area (Å²) in [5, 5.41) is 5.76. The summed E-state index contributed by atoms with van der Waals surface area (Å²) in [4.78, 5) is 19.1. The van der Waals surface area contributed by atoms with E-state index in [1.807, 2.05) is 4.90 Å². The minimum absolute atomic E-state index is 0.0615. The van der Waals surface area contributed by atoms with Gasteiger partial charge in [0.05, 0.1) is 0 Å². The number of sulfonamides is 1. The highest BCUT2D eigenvalue weighted by Gasteiger charge is 2.35. The first-order valence-corrected chi connectivity index (χ1v) is 13.1. The maximum atomic E-state index is 13.1. The Labute approximate surface area is 180 Å². The van der Waals surface area contributed by atoms with Crippen LogP contribution in [-0.2, 0) is 14.8 Å². The van der Waals surface area contributed by atoms with Gasteiger partial charge < -0.3 is 9.42 Å². The predicted molar refractivity (Wildman–Crippen MR) is 111 cm³/mol. The van der Waals surface area contributed by atoms with Crippen molar-refractivity contribution in [1.82, 2.24) is 19.3 Å². The summed E-state index contributed by atoms with van der Waals surface area (Å²) in [6.45, 7) is 2.45. The van der Waals surface area contributed by atoms with Crippen LogP contribution in [-0.4, -0.2) is 59.8 Å². The Bertz CT molecular complexity index is 1010. The number of hydrogen-bond acceptors (Lipinski definition) is 7. The third-order valence-corrected chi connectivity index (χ3v) is 9.58. The van der Waals surface area contributed by atoms with Crippen LogP contribution in [0.3, 0.4) is 0 Å². The van der Waals surface area contributed by atoms with Crippen LogP contribution in [0.2, 0.25) is 0 Å². The molecule has 10 heteroatoms. The molecular formula is C20H26N4O4S2. The highest BCUT2D eigenvalue weighted by Crippen LogP contribution is 2.40. The zero-order valence-corrected chi connectivity index (χ0v) is 18.5. The van der Waals surface area contributed by atoms with Gasteiger partial charge in [0, 0.05) is 49.0 Å². The van der Waals surface area contributed by atoms with Gasteiger partial charge in [0.2, 0.25) is 17.6 Å². The molecule has 2 saturated heterocycles. The van der Waals surface area contributed by atoms with E-state index < -0.39 is 10.0 Å². The van der Waals surface area contributed by atoms with E-state index in [2.05, 4.69) is 10.1 Å². The van der Waals surface area contributed by atoms with Crippen LogP contribution in [0.1, 0.15) is 56.8 Å². The lowest BCUT2D eigenvalue weighted by atomic mass is 9.95. The number of carbonyl (C=O) groups excluding carboxylic acids is 1. The van der Waals surface area contributed by atoms with E-state index in [0.717, 1.165) is 38.8 Å². The molecule has 2 aliphatic heterocycles. The number of rotatable bonds is 5. The highest BCUT2D eigenvalue weighted by atomic mass is 32.2. The van der Waals surface area contributed by atoms with Gasteiger partial charge in [-0.25, -0.2) is 8.42 Å². The van der Waals surface area contributed by atoms with E-state index in [4.69, 9.17) is 4.52 Å². The number of amides is 1. The molecule has 0 aromatic carbocycles. The molecule has 4 heterocycles. The lowest BCUT2D eigenvalue weighted by molar-refractivity contribution is -0.137. The van der Waals surface area contributed by atoms with Crippen molar-refractivity contribution in [3.05, 3.63) is 17.3 Å². The van der Waals surface area contributed by atoms with Crippen LogP contribution in [0.25, 0.3) is 11.4 Å². The minimum Gasteiger partial charge on any atom is -0.342 e. The Kier molecular flexibility index (Phi) is 5.40. The molecule has 2 aromatic heterocycles. The number of nitrogens with zero attached hydrogens (tertiary/aromatic N) is 4. The number of hydrogen-bond donors (Lipinski definition) is 0. The normalized spacial score (nSPS) is 21.8. The molecule has 1 saturated carbocycles. The number of piperidine rings is 2. The monoisotopic (exact) mass is 450 g/mol. The molecule has 8 nitrogen and oxygen atoms in total. The molecule has 162 valence electrons. The smallest absolute Gasteiger partial charge is 0.252 e. The van der Waals surface area contributed by atoms with E-state index in [9.17, 15) is 13.2 Å². The molecule has 0 unspecified atom stereocenters. The Morgan fingerprint density at radius 1 is 1.07 bits per heavy atom. The maximum absolute atomic E-state index is 13.1. The predicted octanol–water partition coefficient (Wildman–Crippen LogP) is 3.09. The standard InChI is InChI=1S/C20H26N4O4S2/c25-20(23-8-2-1-3-9-23)15-6-10-24(11-7-15)30(26,27)17-12-16(13-29-17)18-21-19(28-22-18)14-4-5-14/h12-15H,1-11H2. The summed E-state index contributed by atoms with van der Waals surface area (Å²) in [7, 11) is -3.58. The number of carbonyl (C=O) groups is 1. The second-order valence-electron chi connectivity index (χ2n) is 8.45. The van der Waals surface area contributed by atoms with Gasteiger partial charge >= 0.3 is 0 Å². The Morgan fingerprint density at radius 2 is 1.80 bits per heavy atom. The first-order valence-electron chi connectivity index (χ1n) is 10.7. The van der Waals surface area contributed by atoms with Crippen molar-refractivity contribution in [2.24, 2.45) is 5.92 Å². The third-order valence-electron chi connectivity index (χ3n) is 6.27. The van der Waals surface area contributed by atoms with Crippen molar-refractivity contribution < 1.29 is 17.7 Å². The van der Waals surface area contributed by atoms with Crippen LogP contribution in [0.15, 0.2) is 20.2 Å². The first-order chi connectivity index (χ1) is 14.5. The van der Waals surface area contributed by atoms with Crippen molar-refractivity contribution >= 4 is 27.3 Å². The fourth-order valence-electron chi connectivity index (χ4n) is 4.26. The number of likely N-dealkylation sites (tertiary alicyclic amines) is 1. The summed E-state index contributed by atoms with van der Waals surface area (Å²) in [5.74, 6) is 1.59. The minimum atomic E-state index is -3.58. The van der Waals surface area contributed by atoms with Gasteiger partial charge in [-0.1, -0.05) is 5.16 Å². The molecule has 0 radical (unpaired) electrons. The van der Waals surface area contributed by atoms with E-state index >= 15 is 0 Å². The second-order valence-corrected chi connectivity index (χ2v) is 11.5. The van der Waals surface area contributed by atoms with Gasteiger partial charge in [-0.2, -0.15) is 9.29 Å². The summed E-state index contributed by atoms with van der Waals surface area (Å²) in [6.07, 6.45) is 6.65. The van der Waals surface area contributed by atoms with Crippen LogP contribution in [0.4, 0.5) is 0 Å². The molecule has 0 spiro atoms. The van der Waals surface area contributed by atoms with E-state index in [-0.39, 0.29) is 16.0 Å². The van der Waals surface area contributed by atoms with Crippen molar-refractivity contribution in [3.63, 3.8) is 0 Å². The summed E-state index contributed by atoms with van der Waals surface area (Å²) in [5.41, 5.74) is 0.671. The van der Waals surface area contributed by atoms with Gasteiger partial charge in [-0.05, 0) is 51.0 Å². The van der Waals surface area contributed by atoms with Gasteiger partial charge in [-0.3, -0.25) is 4.79 Å². The third kappa shape index (κ3) is 3.92. The molecule has 1 amide bonds. The van der Waals surface area contributed by atoms with Gasteiger partial charge in [0.15, 0.2) is 0 Å². The molecule has 3 aliphatic rings. The number of aromatic nitrogens is 2. The molecule has 0 atom stereocenters. The van der Waals surface area contributed by atoms with E-state index in [1.54, 1.807) is 11.4 Å². The topological polar surface area (TPSA) is 96.6 Å². The van der Waals surface area contributed by atoms with Crippen LogP contribution < -0.4 is 0 Å². The zero-order chi connectivity index (χ0) is 20.7. The Balaban J connectivity index is 1.23. The average molecular weight is 451 g/mol. The zero-order valence-electron chi connectivity index (χ0n) is 16.8. The summed E-state index contributed by atoms with van der Waals surface area (Å²) in [6, 6.07) is 1.63. The second kappa shape index (κ2) is 8.05. The SMILES string of the molecule is O=C(C1CCN(S(=O)(=O)c2cc(-c3noc(C4CC4)n3)cs2)CC1)N1CCCCC1. The average Bonchev–Trinajstić information content (AvgIpc) is 3.29. The summed E-state index contributed by atoms with van der Waals surface area (Å²) < 4.78 is 33.3. The summed E-state index contributed by atoms with van der Waals surface area (Å²) >= 11 is 1.18. The Hall–Kier alpha value is -1.78. The van der Waals surface area contributed by atoms with Crippen molar-refractivity contribution in [2.45, 2.75) is 55.1 Å². The Morgan fingerprint density at radius 3 is 2.50 bits per heavy atom. The first kappa shape index (κ1) is 20.1. The highest BCUT2D eigenvalue weighted by molar-refractivity contribution is 7.91. The quantitative estimate of drug-likeness (QED) is 0.694. The van der Waals surface area contributed by atoms with Crippen molar-refractivity contribution in [2.75, 3.05) is 26.2 Å². The lowest BCUT2D eigenvalue weighted by Gasteiger charge is -2.34. The largest absolute Gasteiger partial charge is 0.342 e. The molecule has 0 N–H and O–H groups in total. The van der Waals surface area contributed by atoms with Gasteiger partial charge in [0.25, 0.3) is 10.0 Å². The number of thiophene rings is 1. The van der Waals surface area contributed by atoms with E-state index in [0.29, 0.717) is 49.1 Å². The molecule has 3 fully saturated rings. The molecule has 30 heavy (non-hydrogen) atoms. The molecule has 1 aliphatic carbocycles. The fraction of sp³-hybridized carbons (Fsp3) is 0.650. The van der Waals surface area contributed by atoms with Gasteiger partial charge in [-0.15, -0.1) is 11.3 Å². The van der Waals surface area contributed by atoms with Crippen molar-refractivity contribution in [3.8, 4) is 11.4 Å². The molecular weight excluding hydrogens is 424 g/mol. The van der Waals surface area contributed by atoms with E-state index in [1.165, 1.54) is 22.1 Å². The molecule has 2 aromatic rings. The van der Waals surface area contributed by atoms with Crippen LogP contribution >= 0.6 is 11.3 Å². The van der Waals surface area contributed by atoms with Crippen LogP contribution in [0, 0.1) is 5.92 Å². The fourth-order valence-corrected chi connectivity index (χ4v) is 7.04.